The Morgan fingerprint density at radius 1 is 1.50 bits per heavy atom. The van der Waals surface area contributed by atoms with Crippen molar-refractivity contribution in [3.05, 3.63) is 0 Å². The smallest absolute Gasteiger partial charge is 0.0558 e. The van der Waals surface area contributed by atoms with Crippen LogP contribution in [-0.4, -0.2) is 59.8 Å². The molecule has 0 amide bonds. The molecular weight excluding hydrogens is 176 g/mol. The molecule has 0 radical (unpaired) electrons. The van der Waals surface area contributed by atoms with Gasteiger partial charge in [-0.15, -0.1) is 0 Å². The number of aliphatic hydroxyl groups excluding tert-OH is 1. The molecule has 0 aromatic rings. The molecule has 2 unspecified atom stereocenters. The molecule has 0 aliphatic carbocycles. The van der Waals surface area contributed by atoms with Gasteiger partial charge in [-0.2, -0.15) is 0 Å². The molecule has 1 N–H and O–H groups in total. The van der Waals surface area contributed by atoms with E-state index in [2.05, 4.69) is 37.6 Å². The quantitative estimate of drug-likeness (QED) is 0.726. The normalized spacial score (nSPS) is 29.4. The summed E-state index contributed by atoms with van der Waals surface area (Å²) in [5, 5.41) is 9.02. The maximum Gasteiger partial charge on any atom is 0.0558 e. The van der Waals surface area contributed by atoms with Gasteiger partial charge in [0, 0.05) is 31.2 Å². The minimum absolute atomic E-state index is 0.271. The van der Waals surface area contributed by atoms with Crippen molar-refractivity contribution < 1.29 is 5.11 Å². The van der Waals surface area contributed by atoms with Crippen molar-refractivity contribution in [3.63, 3.8) is 0 Å². The molecule has 0 aromatic heterocycles. The van der Waals surface area contributed by atoms with Gasteiger partial charge in [0.25, 0.3) is 0 Å². The minimum atomic E-state index is 0.271. The lowest BCUT2D eigenvalue weighted by molar-refractivity contribution is 0.121. The molecule has 84 valence electrons. The van der Waals surface area contributed by atoms with Gasteiger partial charge in [-0.05, 0) is 34.2 Å². The van der Waals surface area contributed by atoms with E-state index in [4.69, 9.17) is 5.11 Å². The first-order valence-electron chi connectivity index (χ1n) is 5.63. The third-order valence-corrected chi connectivity index (χ3v) is 3.35. The molecule has 14 heavy (non-hydrogen) atoms. The Hall–Kier alpha value is -0.120. The van der Waals surface area contributed by atoms with Crippen LogP contribution < -0.4 is 0 Å². The summed E-state index contributed by atoms with van der Waals surface area (Å²) in [7, 11) is 2.18. The number of likely N-dealkylation sites (tertiary alicyclic amines) is 1. The molecule has 0 saturated carbocycles. The molecule has 1 heterocycles. The zero-order valence-corrected chi connectivity index (χ0v) is 9.90. The number of hydrogen-bond acceptors (Lipinski definition) is 3. The van der Waals surface area contributed by atoms with Crippen molar-refractivity contribution in [1.82, 2.24) is 9.80 Å². The summed E-state index contributed by atoms with van der Waals surface area (Å²) in [6.45, 7) is 8.91. The number of rotatable bonds is 4. The highest BCUT2D eigenvalue weighted by Gasteiger charge is 2.31. The van der Waals surface area contributed by atoms with Crippen LogP contribution in [0, 0.1) is 0 Å². The summed E-state index contributed by atoms with van der Waals surface area (Å²) in [5.74, 6) is 0. The Morgan fingerprint density at radius 3 is 2.50 bits per heavy atom. The van der Waals surface area contributed by atoms with Crippen molar-refractivity contribution in [2.24, 2.45) is 0 Å². The molecule has 0 aromatic carbocycles. The lowest BCUT2D eigenvalue weighted by Gasteiger charge is -2.31. The summed E-state index contributed by atoms with van der Waals surface area (Å²) in [6.07, 6.45) is 1.23. The van der Waals surface area contributed by atoms with Crippen LogP contribution in [0.15, 0.2) is 0 Å². The van der Waals surface area contributed by atoms with Gasteiger partial charge < -0.3 is 10.0 Å². The summed E-state index contributed by atoms with van der Waals surface area (Å²) in [5.41, 5.74) is 0. The molecule has 1 rings (SSSR count). The van der Waals surface area contributed by atoms with E-state index in [9.17, 15) is 0 Å². The molecular formula is C11H24N2O. The van der Waals surface area contributed by atoms with Gasteiger partial charge in [-0.25, -0.2) is 0 Å². The second kappa shape index (κ2) is 5.10. The Labute approximate surface area is 87.7 Å². The van der Waals surface area contributed by atoms with Gasteiger partial charge in [0.1, 0.15) is 0 Å². The first kappa shape index (κ1) is 12.0. The largest absolute Gasteiger partial charge is 0.395 e. The van der Waals surface area contributed by atoms with Crippen molar-refractivity contribution in [3.8, 4) is 0 Å². The molecule has 1 aliphatic rings. The van der Waals surface area contributed by atoms with Crippen LogP contribution in [0.5, 0.6) is 0 Å². The van der Waals surface area contributed by atoms with Crippen LogP contribution in [0.3, 0.4) is 0 Å². The molecule has 1 saturated heterocycles. The molecule has 1 fully saturated rings. The number of nitrogens with zero attached hydrogens (tertiary/aromatic N) is 2. The predicted octanol–water partition coefficient (Wildman–Crippen LogP) is 0.782. The fourth-order valence-corrected chi connectivity index (χ4v) is 2.38. The van der Waals surface area contributed by atoms with E-state index in [0.29, 0.717) is 18.1 Å². The van der Waals surface area contributed by atoms with Crippen molar-refractivity contribution in [2.45, 2.75) is 45.3 Å². The third-order valence-electron chi connectivity index (χ3n) is 3.35. The maximum atomic E-state index is 9.02. The van der Waals surface area contributed by atoms with E-state index in [1.54, 1.807) is 0 Å². The monoisotopic (exact) mass is 200 g/mol. The first-order chi connectivity index (χ1) is 6.56. The van der Waals surface area contributed by atoms with Crippen LogP contribution in [-0.2, 0) is 0 Å². The molecule has 3 nitrogen and oxygen atoms in total. The zero-order valence-electron chi connectivity index (χ0n) is 9.90. The van der Waals surface area contributed by atoms with Gasteiger partial charge in [0.2, 0.25) is 0 Å². The van der Waals surface area contributed by atoms with Crippen molar-refractivity contribution in [2.75, 3.05) is 26.7 Å². The number of hydrogen-bond donors (Lipinski definition) is 1. The molecule has 3 heteroatoms. The number of likely N-dealkylation sites (N-methyl/N-ethyl adjacent to an activating group) is 1. The van der Waals surface area contributed by atoms with E-state index in [0.717, 1.165) is 13.1 Å². The average Bonchev–Trinajstić information content (AvgIpc) is 2.42. The van der Waals surface area contributed by atoms with Crippen LogP contribution in [0.25, 0.3) is 0 Å². The Bertz CT molecular complexity index is 163. The minimum Gasteiger partial charge on any atom is -0.395 e. The predicted molar refractivity (Wildman–Crippen MR) is 59.4 cm³/mol. The van der Waals surface area contributed by atoms with E-state index in [1.807, 2.05) is 0 Å². The number of aliphatic hydroxyl groups is 1. The Kier molecular flexibility index (Phi) is 4.35. The highest BCUT2D eigenvalue weighted by molar-refractivity contribution is 4.88. The third kappa shape index (κ3) is 2.69. The average molecular weight is 200 g/mol. The summed E-state index contributed by atoms with van der Waals surface area (Å²) in [6, 6.07) is 1.84. The first-order valence-corrected chi connectivity index (χ1v) is 5.63. The second-order valence-corrected chi connectivity index (χ2v) is 4.73. The van der Waals surface area contributed by atoms with Gasteiger partial charge in [0.05, 0.1) is 6.61 Å². The Morgan fingerprint density at radius 2 is 2.14 bits per heavy atom. The van der Waals surface area contributed by atoms with Crippen LogP contribution in [0.4, 0.5) is 0 Å². The highest BCUT2D eigenvalue weighted by atomic mass is 16.3. The van der Waals surface area contributed by atoms with Crippen LogP contribution >= 0.6 is 0 Å². The van der Waals surface area contributed by atoms with Crippen molar-refractivity contribution in [1.29, 1.82) is 0 Å². The van der Waals surface area contributed by atoms with E-state index in [1.165, 1.54) is 6.42 Å². The fourth-order valence-electron chi connectivity index (χ4n) is 2.38. The van der Waals surface area contributed by atoms with E-state index in [-0.39, 0.29) is 6.61 Å². The molecule has 0 bridgehead atoms. The lowest BCUT2D eigenvalue weighted by Crippen LogP contribution is -2.43. The standard InChI is InChI=1S/C11H24N2O/c1-9(2)13(5-6-14)11-7-10(3)12(4)8-11/h9-11,14H,5-8H2,1-4H3. The lowest BCUT2D eigenvalue weighted by atomic mass is 10.1. The summed E-state index contributed by atoms with van der Waals surface area (Å²) < 4.78 is 0. The molecule has 1 aliphatic heterocycles. The Balaban J connectivity index is 2.52. The van der Waals surface area contributed by atoms with Gasteiger partial charge in [-0.1, -0.05) is 0 Å². The molecule has 2 atom stereocenters. The zero-order chi connectivity index (χ0) is 10.7. The maximum absolute atomic E-state index is 9.02. The van der Waals surface area contributed by atoms with Gasteiger partial charge >= 0.3 is 0 Å². The summed E-state index contributed by atoms with van der Waals surface area (Å²) >= 11 is 0. The van der Waals surface area contributed by atoms with Crippen molar-refractivity contribution >= 4 is 0 Å². The molecule has 0 spiro atoms. The summed E-state index contributed by atoms with van der Waals surface area (Å²) in [4.78, 5) is 4.82. The van der Waals surface area contributed by atoms with Crippen LogP contribution in [0.2, 0.25) is 0 Å². The SMILES string of the molecule is CC1CC(N(CCO)C(C)C)CN1C. The van der Waals surface area contributed by atoms with E-state index >= 15 is 0 Å². The van der Waals surface area contributed by atoms with E-state index < -0.39 is 0 Å². The highest BCUT2D eigenvalue weighted by Crippen LogP contribution is 2.21. The van der Waals surface area contributed by atoms with Gasteiger partial charge in [-0.3, -0.25) is 4.90 Å². The second-order valence-electron chi connectivity index (χ2n) is 4.73. The van der Waals surface area contributed by atoms with Crippen LogP contribution in [0.1, 0.15) is 27.2 Å². The van der Waals surface area contributed by atoms with Gasteiger partial charge in [0.15, 0.2) is 0 Å². The topological polar surface area (TPSA) is 26.7 Å². The fraction of sp³-hybridized carbons (Fsp3) is 1.00.